The standard InChI is InChI=1S/C25H23Cl2NO4/c1-2-31-24(25(29)30)13-16-3-7-19(8-4-16)32-12-11-28-22-9-5-17(26)14-20(22)21-15-18(27)6-10-23(21)28/h3-10,14-15,24H,2,11-13H2,1H3,(H,29,30). The summed E-state index contributed by atoms with van der Waals surface area (Å²) in [7, 11) is 0. The van der Waals surface area contributed by atoms with E-state index in [4.69, 9.17) is 32.7 Å². The van der Waals surface area contributed by atoms with Crippen LogP contribution in [0.15, 0.2) is 60.7 Å². The quantitative estimate of drug-likeness (QED) is 0.315. The second-order valence-electron chi connectivity index (χ2n) is 7.45. The normalized spacial score (nSPS) is 12.3. The number of benzene rings is 3. The summed E-state index contributed by atoms with van der Waals surface area (Å²) in [6, 6.07) is 19.1. The van der Waals surface area contributed by atoms with Gasteiger partial charge in [0.1, 0.15) is 12.4 Å². The van der Waals surface area contributed by atoms with Gasteiger partial charge in [0, 0.05) is 44.9 Å². The molecule has 0 aliphatic carbocycles. The molecule has 5 nitrogen and oxygen atoms in total. The molecule has 1 aromatic heterocycles. The van der Waals surface area contributed by atoms with E-state index in [2.05, 4.69) is 4.57 Å². The second kappa shape index (κ2) is 9.82. The van der Waals surface area contributed by atoms with Crippen molar-refractivity contribution in [3.63, 3.8) is 0 Å². The van der Waals surface area contributed by atoms with Crippen LogP contribution in [0.1, 0.15) is 12.5 Å². The fraction of sp³-hybridized carbons (Fsp3) is 0.240. The average molecular weight is 472 g/mol. The van der Waals surface area contributed by atoms with Gasteiger partial charge in [-0.15, -0.1) is 0 Å². The molecule has 0 aliphatic heterocycles. The number of carbonyl (C=O) groups is 1. The molecule has 0 bridgehead atoms. The van der Waals surface area contributed by atoms with Gasteiger partial charge in [-0.25, -0.2) is 4.79 Å². The molecule has 1 heterocycles. The smallest absolute Gasteiger partial charge is 0.333 e. The van der Waals surface area contributed by atoms with Crippen LogP contribution in [0.2, 0.25) is 10.0 Å². The first-order chi connectivity index (χ1) is 15.5. The van der Waals surface area contributed by atoms with Crippen molar-refractivity contribution in [1.82, 2.24) is 4.57 Å². The number of carboxylic acids is 1. The fourth-order valence-electron chi connectivity index (χ4n) is 3.90. The molecule has 7 heteroatoms. The molecule has 0 aliphatic rings. The highest BCUT2D eigenvalue weighted by atomic mass is 35.5. The minimum Gasteiger partial charge on any atom is -0.492 e. The van der Waals surface area contributed by atoms with Crippen molar-refractivity contribution in [3.05, 3.63) is 76.3 Å². The second-order valence-corrected chi connectivity index (χ2v) is 8.33. The highest BCUT2D eigenvalue weighted by Gasteiger charge is 2.18. The van der Waals surface area contributed by atoms with Crippen LogP contribution in [0.4, 0.5) is 0 Å². The minimum atomic E-state index is -0.957. The van der Waals surface area contributed by atoms with Crippen LogP contribution in [-0.2, 0) is 22.5 Å². The van der Waals surface area contributed by atoms with Crippen LogP contribution in [0.3, 0.4) is 0 Å². The summed E-state index contributed by atoms with van der Waals surface area (Å²) in [5.41, 5.74) is 3.02. The van der Waals surface area contributed by atoms with Crippen LogP contribution in [0, 0.1) is 0 Å². The van der Waals surface area contributed by atoms with Crippen LogP contribution in [-0.4, -0.2) is 35.0 Å². The van der Waals surface area contributed by atoms with E-state index in [0.29, 0.717) is 36.2 Å². The Kier molecular flexibility index (Phi) is 6.89. The first-order valence-corrected chi connectivity index (χ1v) is 11.1. The lowest BCUT2D eigenvalue weighted by Gasteiger charge is -2.13. The summed E-state index contributed by atoms with van der Waals surface area (Å²) < 4.78 is 13.4. The third kappa shape index (κ3) is 4.85. The topological polar surface area (TPSA) is 60.7 Å². The van der Waals surface area contributed by atoms with Gasteiger partial charge in [-0.2, -0.15) is 0 Å². The van der Waals surface area contributed by atoms with E-state index in [1.165, 1.54) is 0 Å². The van der Waals surface area contributed by atoms with E-state index >= 15 is 0 Å². The highest BCUT2D eigenvalue weighted by molar-refractivity contribution is 6.33. The van der Waals surface area contributed by atoms with Crippen LogP contribution < -0.4 is 4.74 Å². The van der Waals surface area contributed by atoms with Gasteiger partial charge >= 0.3 is 5.97 Å². The largest absolute Gasteiger partial charge is 0.492 e. The van der Waals surface area contributed by atoms with E-state index in [1.807, 2.05) is 60.7 Å². The van der Waals surface area contributed by atoms with Gasteiger partial charge in [0.05, 0.1) is 6.54 Å². The van der Waals surface area contributed by atoms with E-state index in [9.17, 15) is 9.90 Å². The number of carboxylic acid groups (broad SMARTS) is 1. The Balaban J connectivity index is 1.47. The van der Waals surface area contributed by atoms with Crippen LogP contribution in [0.25, 0.3) is 21.8 Å². The van der Waals surface area contributed by atoms with Crippen molar-refractivity contribution in [2.24, 2.45) is 0 Å². The van der Waals surface area contributed by atoms with E-state index < -0.39 is 12.1 Å². The summed E-state index contributed by atoms with van der Waals surface area (Å²) in [5, 5.41) is 12.7. The number of halogens is 2. The molecule has 0 radical (unpaired) electrons. The zero-order valence-electron chi connectivity index (χ0n) is 17.6. The average Bonchev–Trinajstić information content (AvgIpc) is 3.06. The lowest BCUT2D eigenvalue weighted by molar-refractivity contribution is -0.149. The first kappa shape index (κ1) is 22.5. The Hall–Kier alpha value is -2.73. The Morgan fingerprint density at radius 2 is 1.56 bits per heavy atom. The van der Waals surface area contributed by atoms with Crippen molar-refractivity contribution >= 4 is 51.0 Å². The summed E-state index contributed by atoms with van der Waals surface area (Å²) in [6.07, 6.45) is -0.528. The van der Waals surface area contributed by atoms with Crippen molar-refractivity contribution in [2.75, 3.05) is 13.2 Å². The lowest BCUT2D eigenvalue weighted by Crippen LogP contribution is -2.26. The van der Waals surface area contributed by atoms with Crippen LogP contribution in [0.5, 0.6) is 5.75 Å². The molecule has 0 amide bonds. The molecule has 3 aromatic carbocycles. The number of aliphatic carboxylic acids is 1. The molecule has 32 heavy (non-hydrogen) atoms. The Morgan fingerprint density at radius 1 is 0.969 bits per heavy atom. The van der Waals surface area contributed by atoms with E-state index in [-0.39, 0.29) is 0 Å². The molecule has 0 saturated carbocycles. The number of fused-ring (bicyclic) bond motifs is 3. The monoisotopic (exact) mass is 471 g/mol. The van der Waals surface area contributed by atoms with E-state index in [1.54, 1.807) is 6.92 Å². The highest BCUT2D eigenvalue weighted by Crippen LogP contribution is 2.32. The number of hydrogen-bond acceptors (Lipinski definition) is 3. The van der Waals surface area contributed by atoms with Gasteiger partial charge < -0.3 is 19.1 Å². The zero-order valence-corrected chi connectivity index (χ0v) is 19.1. The van der Waals surface area contributed by atoms with Crippen molar-refractivity contribution in [1.29, 1.82) is 0 Å². The maximum Gasteiger partial charge on any atom is 0.333 e. The summed E-state index contributed by atoms with van der Waals surface area (Å²) in [6.45, 7) is 3.27. The molecule has 1 unspecified atom stereocenters. The Morgan fingerprint density at radius 3 is 2.09 bits per heavy atom. The Bertz CT molecular complexity index is 1190. The molecule has 4 aromatic rings. The molecule has 0 saturated heterocycles. The first-order valence-electron chi connectivity index (χ1n) is 10.4. The number of aromatic nitrogens is 1. The van der Waals surface area contributed by atoms with Gasteiger partial charge in [-0.3, -0.25) is 0 Å². The number of nitrogens with zero attached hydrogens (tertiary/aromatic N) is 1. The van der Waals surface area contributed by atoms with Crippen molar-refractivity contribution < 1.29 is 19.4 Å². The molecular formula is C25H23Cl2NO4. The van der Waals surface area contributed by atoms with Crippen molar-refractivity contribution in [3.8, 4) is 5.75 Å². The van der Waals surface area contributed by atoms with Gasteiger partial charge in [0.2, 0.25) is 0 Å². The number of ether oxygens (including phenoxy) is 2. The molecule has 0 fully saturated rings. The van der Waals surface area contributed by atoms with Crippen molar-refractivity contribution in [2.45, 2.75) is 26.0 Å². The minimum absolute atomic E-state index is 0.315. The summed E-state index contributed by atoms with van der Waals surface area (Å²) in [5.74, 6) is -0.232. The predicted octanol–water partition coefficient (Wildman–Crippen LogP) is 6.21. The third-order valence-corrected chi connectivity index (χ3v) is 5.83. The van der Waals surface area contributed by atoms with Gasteiger partial charge in [-0.05, 0) is 61.0 Å². The van der Waals surface area contributed by atoms with E-state index in [0.717, 1.165) is 33.1 Å². The molecule has 4 rings (SSSR count). The van der Waals surface area contributed by atoms with Gasteiger partial charge in [0.25, 0.3) is 0 Å². The summed E-state index contributed by atoms with van der Waals surface area (Å²) in [4.78, 5) is 11.3. The fourth-order valence-corrected chi connectivity index (χ4v) is 4.24. The van der Waals surface area contributed by atoms with Gasteiger partial charge in [-0.1, -0.05) is 35.3 Å². The SMILES string of the molecule is CCOC(Cc1ccc(OCCn2c3ccc(Cl)cc3c3cc(Cl)ccc32)cc1)C(=O)O. The van der Waals surface area contributed by atoms with Crippen LogP contribution >= 0.6 is 23.2 Å². The Labute approximate surface area is 196 Å². The molecule has 166 valence electrons. The maximum absolute atomic E-state index is 11.3. The molecular weight excluding hydrogens is 449 g/mol. The summed E-state index contributed by atoms with van der Waals surface area (Å²) >= 11 is 12.4. The zero-order chi connectivity index (χ0) is 22.7. The number of hydrogen-bond donors (Lipinski definition) is 1. The molecule has 1 atom stereocenters. The maximum atomic E-state index is 11.3. The lowest BCUT2D eigenvalue weighted by atomic mass is 10.1. The third-order valence-electron chi connectivity index (χ3n) is 5.36. The number of rotatable bonds is 9. The molecule has 0 spiro atoms. The predicted molar refractivity (Wildman–Crippen MR) is 128 cm³/mol. The van der Waals surface area contributed by atoms with Gasteiger partial charge in [0.15, 0.2) is 6.10 Å². The molecule has 1 N–H and O–H groups in total.